The van der Waals surface area contributed by atoms with Gasteiger partial charge in [-0.25, -0.2) is 9.78 Å². The second-order valence-electron chi connectivity index (χ2n) is 5.82. The number of hydrogen-bond acceptors (Lipinski definition) is 4. The summed E-state index contributed by atoms with van der Waals surface area (Å²) in [6.07, 6.45) is 7.84. The van der Waals surface area contributed by atoms with Gasteiger partial charge < -0.3 is 5.11 Å². The number of aryl methyl sites for hydroxylation is 1. The SMILES string of the molecule is CCCCc1nc(CN2CCCCC2CC)sc1C(=O)O. The van der Waals surface area contributed by atoms with Crippen LogP contribution >= 0.6 is 11.3 Å². The molecule has 0 amide bonds. The zero-order valence-electron chi connectivity index (χ0n) is 13.1. The average molecular weight is 310 g/mol. The zero-order valence-corrected chi connectivity index (χ0v) is 13.9. The molecule has 4 nitrogen and oxygen atoms in total. The summed E-state index contributed by atoms with van der Waals surface area (Å²) >= 11 is 1.37. The molecule has 2 heterocycles. The minimum absolute atomic E-state index is 0.448. The topological polar surface area (TPSA) is 53.4 Å². The summed E-state index contributed by atoms with van der Waals surface area (Å²) in [6, 6.07) is 0.634. The van der Waals surface area contributed by atoms with Crippen molar-refractivity contribution in [3.05, 3.63) is 15.6 Å². The van der Waals surface area contributed by atoms with E-state index < -0.39 is 5.97 Å². The summed E-state index contributed by atoms with van der Waals surface area (Å²) in [5, 5.41) is 10.3. The van der Waals surface area contributed by atoms with Crippen LogP contribution in [-0.4, -0.2) is 33.5 Å². The van der Waals surface area contributed by atoms with Gasteiger partial charge in [-0.3, -0.25) is 4.90 Å². The maximum absolute atomic E-state index is 11.4. The van der Waals surface area contributed by atoms with E-state index in [9.17, 15) is 9.90 Å². The Morgan fingerprint density at radius 2 is 2.24 bits per heavy atom. The molecular formula is C16H26N2O2S. The highest BCUT2D eigenvalue weighted by Crippen LogP contribution is 2.26. The molecule has 0 aliphatic carbocycles. The molecular weight excluding hydrogens is 284 g/mol. The van der Waals surface area contributed by atoms with Crippen molar-refractivity contribution in [3.63, 3.8) is 0 Å². The van der Waals surface area contributed by atoms with Crippen LogP contribution in [-0.2, 0) is 13.0 Å². The number of likely N-dealkylation sites (tertiary alicyclic amines) is 1. The highest BCUT2D eigenvalue weighted by atomic mass is 32.1. The fourth-order valence-corrected chi connectivity index (χ4v) is 4.03. The highest BCUT2D eigenvalue weighted by Gasteiger charge is 2.23. The summed E-state index contributed by atoms with van der Waals surface area (Å²) in [7, 11) is 0. The fourth-order valence-electron chi connectivity index (χ4n) is 3.05. The van der Waals surface area contributed by atoms with Gasteiger partial charge in [0.05, 0.1) is 12.2 Å². The number of thiazole rings is 1. The van der Waals surface area contributed by atoms with E-state index in [-0.39, 0.29) is 0 Å². The molecule has 1 aromatic heterocycles. The molecule has 1 unspecified atom stereocenters. The van der Waals surface area contributed by atoms with Crippen molar-refractivity contribution in [2.45, 2.75) is 71.4 Å². The van der Waals surface area contributed by atoms with Crippen molar-refractivity contribution in [2.24, 2.45) is 0 Å². The van der Waals surface area contributed by atoms with E-state index in [1.165, 1.54) is 37.0 Å². The van der Waals surface area contributed by atoms with Crippen molar-refractivity contribution in [1.29, 1.82) is 0 Å². The minimum atomic E-state index is -0.824. The van der Waals surface area contributed by atoms with Gasteiger partial charge in [-0.05, 0) is 38.6 Å². The molecule has 21 heavy (non-hydrogen) atoms. The molecule has 0 saturated carbocycles. The smallest absolute Gasteiger partial charge is 0.347 e. The van der Waals surface area contributed by atoms with Crippen LogP contribution in [0.1, 0.15) is 72.7 Å². The predicted octanol–water partition coefficient (Wildman–Crippen LogP) is 3.95. The Hall–Kier alpha value is -0.940. The van der Waals surface area contributed by atoms with Crippen LogP contribution in [0.25, 0.3) is 0 Å². The third-order valence-corrected chi connectivity index (χ3v) is 5.33. The van der Waals surface area contributed by atoms with Gasteiger partial charge in [-0.2, -0.15) is 0 Å². The number of nitrogens with zero attached hydrogens (tertiary/aromatic N) is 2. The molecule has 1 atom stereocenters. The molecule has 1 fully saturated rings. The second-order valence-corrected chi connectivity index (χ2v) is 6.90. The van der Waals surface area contributed by atoms with Gasteiger partial charge in [-0.1, -0.05) is 26.7 Å². The largest absolute Gasteiger partial charge is 0.477 e. The zero-order chi connectivity index (χ0) is 15.2. The van der Waals surface area contributed by atoms with Crippen LogP contribution in [0.3, 0.4) is 0 Å². The van der Waals surface area contributed by atoms with E-state index in [4.69, 9.17) is 0 Å². The molecule has 2 rings (SSSR count). The van der Waals surface area contributed by atoms with Gasteiger partial charge in [0.25, 0.3) is 0 Å². The lowest BCUT2D eigenvalue weighted by Gasteiger charge is -2.34. The van der Waals surface area contributed by atoms with Crippen LogP contribution < -0.4 is 0 Å². The number of aromatic nitrogens is 1. The van der Waals surface area contributed by atoms with E-state index in [2.05, 4.69) is 23.7 Å². The molecule has 0 spiro atoms. The summed E-state index contributed by atoms with van der Waals surface area (Å²) in [6.45, 7) is 6.29. The Morgan fingerprint density at radius 3 is 2.90 bits per heavy atom. The second kappa shape index (κ2) is 7.90. The molecule has 0 radical (unpaired) electrons. The molecule has 118 valence electrons. The first kappa shape index (κ1) is 16.4. The lowest BCUT2D eigenvalue weighted by Crippen LogP contribution is -2.38. The first-order valence-electron chi connectivity index (χ1n) is 8.11. The maximum atomic E-state index is 11.4. The first-order valence-corrected chi connectivity index (χ1v) is 8.93. The van der Waals surface area contributed by atoms with E-state index >= 15 is 0 Å². The van der Waals surface area contributed by atoms with E-state index in [0.29, 0.717) is 10.9 Å². The Morgan fingerprint density at radius 1 is 1.43 bits per heavy atom. The monoisotopic (exact) mass is 310 g/mol. The molecule has 5 heteroatoms. The standard InChI is InChI=1S/C16H26N2O2S/c1-3-5-9-13-15(16(19)20)21-14(17-13)11-18-10-7-6-8-12(18)4-2/h12H,3-11H2,1-2H3,(H,19,20). The number of aromatic carboxylic acids is 1. The van der Waals surface area contributed by atoms with Crippen LogP contribution in [0.4, 0.5) is 0 Å². The first-order chi connectivity index (χ1) is 10.2. The van der Waals surface area contributed by atoms with Crippen LogP contribution in [0.15, 0.2) is 0 Å². The molecule has 1 N–H and O–H groups in total. The Labute approximate surface area is 131 Å². The fraction of sp³-hybridized carbons (Fsp3) is 0.750. The summed E-state index contributed by atoms with van der Waals surface area (Å²) < 4.78 is 0. The van der Waals surface area contributed by atoms with Crippen molar-refractivity contribution >= 4 is 17.3 Å². The van der Waals surface area contributed by atoms with Gasteiger partial charge in [0.15, 0.2) is 0 Å². The van der Waals surface area contributed by atoms with E-state index in [0.717, 1.165) is 43.1 Å². The summed E-state index contributed by atoms with van der Waals surface area (Å²) in [5.41, 5.74) is 0.786. The number of carboxylic acid groups (broad SMARTS) is 1. The van der Waals surface area contributed by atoms with Crippen LogP contribution in [0.5, 0.6) is 0 Å². The molecule has 1 aliphatic heterocycles. The average Bonchev–Trinajstić information content (AvgIpc) is 2.89. The maximum Gasteiger partial charge on any atom is 0.347 e. The number of carboxylic acids is 1. The number of unbranched alkanes of at least 4 members (excludes halogenated alkanes) is 1. The molecule has 1 saturated heterocycles. The lowest BCUT2D eigenvalue weighted by atomic mass is 10.0. The van der Waals surface area contributed by atoms with Gasteiger partial charge in [0.2, 0.25) is 0 Å². The Kier molecular flexibility index (Phi) is 6.18. The third kappa shape index (κ3) is 4.27. The van der Waals surface area contributed by atoms with Crippen LogP contribution in [0.2, 0.25) is 0 Å². The van der Waals surface area contributed by atoms with Crippen molar-refractivity contribution in [2.75, 3.05) is 6.54 Å². The highest BCUT2D eigenvalue weighted by molar-refractivity contribution is 7.13. The summed E-state index contributed by atoms with van der Waals surface area (Å²) in [5.74, 6) is -0.824. The predicted molar refractivity (Wildman–Crippen MR) is 86.0 cm³/mol. The van der Waals surface area contributed by atoms with Crippen LogP contribution in [0, 0.1) is 0 Å². The number of carbonyl (C=O) groups is 1. The van der Waals surface area contributed by atoms with E-state index in [1.54, 1.807) is 0 Å². The Bertz CT molecular complexity index is 473. The summed E-state index contributed by atoms with van der Waals surface area (Å²) in [4.78, 5) is 18.9. The van der Waals surface area contributed by atoms with Gasteiger partial charge >= 0.3 is 5.97 Å². The molecule has 1 aliphatic rings. The van der Waals surface area contributed by atoms with Crippen molar-refractivity contribution in [3.8, 4) is 0 Å². The van der Waals surface area contributed by atoms with Crippen molar-refractivity contribution < 1.29 is 9.90 Å². The lowest BCUT2D eigenvalue weighted by molar-refractivity contribution is 0.0700. The normalized spacial score (nSPS) is 19.8. The number of hydrogen-bond donors (Lipinski definition) is 1. The molecule has 0 bridgehead atoms. The van der Waals surface area contributed by atoms with E-state index in [1.807, 2.05) is 0 Å². The third-order valence-electron chi connectivity index (χ3n) is 4.26. The van der Waals surface area contributed by atoms with Crippen molar-refractivity contribution in [1.82, 2.24) is 9.88 Å². The Balaban J connectivity index is 2.10. The molecule has 0 aromatic carbocycles. The van der Waals surface area contributed by atoms with Gasteiger partial charge in [0.1, 0.15) is 9.88 Å². The number of piperidine rings is 1. The molecule has 1 aromatic rings. The van der Waals surface area contributed by atoms with Gasteiger partial charge in [-0.15, -0.1) is 11.3 Å². The number of rotatable bonds is 7. The quantitative estimate of drug-likeness (QED) is 0.828. The van der Waals surface area contributed by atoms with Gasteiger partial charge in [0, 0.05) is 6.04 Å². The minimum Gasteiger partial charge on any atom is -0.477 e.